The largest absolute Gasteiger partial charge is 0.319 e. The van der Waals surface area contributed by atoms with Crippen LogP contribution in [-0.4, -0.2) is 56.8 Å². The van der Waals surface area contributed by atoms with E-state index in [1.165, 1.54) is 0 Å². The molecule has 0 spiro atoms. The first-order chi connectivity index (χ1) is 22.1. The van der Waals surface area contributed by atoms with Gasteiger partial charge in [0.2, 0.25) is 0 Å². The van der Waals surface area contributed by atoms with E-state index < -0.39 is 0 Å². The Balaban J connectivity index is 1.18. The van der Waals surface area contributed by atoms with Gasteiger partial charge < -0.3 is 10.6 Å². The fourth-order valence-electron chi connectivity index (χ4n) is 6.10. The van der Waals surface area contributed by atoms with E-state index in [1.54, 1.807) is 36.7 Å². The number of carbonyl (C=O) groups excluding carboxylic acids is 2. The van der Waals surface area contributed by atoms with Crippen molar-refractivity contribution < 1.29 is 9.59 Å². The average Bonchev–Trinajstić information content (AvgIpc) is 3.05. The zero-order valence-corrected chi connectivity index (χ0v) is 28.0. The number of amides is 2. The van der Waals surface area contributed by atoms with E-state index in [1.807, 2.05) is 24.3 Å². The quantitative estimate of drug-likeness (QED) is 0.214. The maximum atomic E-state index is 13.3. The molecule has 4 aromatic rings. The van der Waals surface area contributed by atoms with Crippen molar-refractivity contribution in [3.63, 3.8) is 0 Å². The Labute approximate surface area is 280 Å². The molecule has 2 aliphatic rings. The van der Waals surface area contributed by atoms with E-state index >= 15 is 0 Å². The molecule has 2 aliphatic heterocycles. The molecule has 2 amide bonds. The fraction of sp³-hybridized carbons (Fsp3) is 0.333. The lowest BCUT2D eigenvalue weighted by Gasteiger charge is -2.31. The Bertz CT molecular complexity index is 1680. The van der Waals surface area contributed by atoms with Crippen LogP contribution in [0, 0.1) is 0 Å². The summed E-state index contributed by atoms with van der Waals surface area (Å²) in [6.45, 7) is 12.3. The van der Waals surface area contributed by atoms with Gasteiger partial charge in [0, 0.05) is 61.8 Å². The van der Waals surface area contributed by atoms with Crippen LogP contribution in [0.1, 0.15) is 70.9 Å². The van der Waals surface area contributed by atoms with E-state index in [0.717, 1.165) is 61.3 Å². The second-order valence-electron chi connectivity index (χ2n) is 12.5. The molecule has 2 N–H and O–H groups in total. The first-order valence-corrected chi connectivity index (χ1v) is 16.5. The summed E-state index contributed by atoms with van der Waals surface area (Å²) in [5, 5.41) is 6.51. The lowest BCUT2D eigenvalue weighted by Crippen LogP contribution is -2.36. The van der Waals surface area contributed by atoms with Crippen molar-refractivity contribution in [3.8, 4) is 11.1 Å². The van der Waals surface area contributed by atoms with E-state index in [-0.39, 0.29) is 11.8 Å². The summed E-state index contributed by atoms with van der Waals surface area (Å²) in [4.78, 5) is 40.2. The highest BCUT2D eigenvalue weighted by molar-refractivity contribution is 6.40. The van der Waals surface area contributed by atoms with Gasteiger partial charge in [0.15, 0.2) is 0 Å². The van der Waals surface area contributed by atoms with Gasteiger partial charge in [-0.25, -0.2) is 0 Å². The van der Waals surface area contributed by atoms with Crippen molar-refractivity contribution in [1.82, 2.24) is 19.8 Å². The van der Waals surface area contributed by atoms with Gasteiger partial charge in [-0.05, 0) is 87.1 Å². The fourth-order valence-corrected chi connectivity index (χ4v) is 6.65. The Hall–Kier alpha value is -3.82. The minimum Gasteiger partial charge on any atom is -0.319 e. The second-order valence-corrected chi connectivity index (χ2v) is 13.3. The Morgan fingerprint density at radius 3 is 1.48 bits per heavy atom. The molecule has 46 heavy (non-hydrogen) atoms. The lowest BCUT2D eigenvalue weighted by atomic mass is 9.99. The predicted octanol–water partition coefficient (Wildman–Crippen LogP) is 7.49. The Morgan fingerprint density at radius 2 is 1.09 bits per heavy atom. The first kappa shape index (κ1) is 32.1. The van der Waals surface area contributed by atoms with E-state index in [2.05, 4.69) is 58.1 Å². The number of benzene rings is 2. The van der Waals surface area contributed by atoms with Crippen LogP contribution < -0.4 is 10.6 Å². The van der Waals surface area contributed by atoms with Gasteiger partial charge in [-0.2, -0.15) is 0 Å². The second kappa shape index (κ2) is 13.5. The molecule has 2 aromatic heterocycles. The third-order valence-electron chi connectivity index (χ3n) is 8.96. The van der Waals surface area contributed by atoms with Crippen molar-refractivity contribution in [2.45, 2.75) is 65.7 Å². The minimum atomic E-state index is -0.338. The van der Waals surface area contributed by atoms with Gasteiger partial charge in [0.25, 0.3) is 11.8 Å². The molecule has 0 radical (unpaired) electrons. The third-order valence-corrected chi connectivity index (χ3v) is 9.77. The predicted molar refractivity (Wildman–Crippen MR) is 185 cm³/mol. The summed E-state index contributed by atoms with van der Waals surface area (Å²) in [5.41, 5.74) is 7.39. The molecule has 6 rings (SSSR count). The van der Waals surface area contributed by atoms with Crippen LogP contribution in [0.2, 0.25) is 10.0 Å². The molecule has 0 saturated heterocycles. The van der Waals surface area contributed by atoms with Gasteiger partial charge >= 0.3 is 0 Å². The molecule has 0 bridgehead atoms. The number of aromatic nitrogens is 2. The number of pyridine rings is 2. The van der Waals surface area contributed by atoms with Crippen LogP contribution in [0.4, 0.5) is 11.4 Å². The number of carbonyl (C=O) groups is 2. The number of fused-ring (bicyclic) bond motifs is 2. The van der Waals surface area contributed by atoms with Gasteiger partial charge in [-0.3, -0.25) is 29.4 Å². The van der Waals surface area contributed by atoms with Crippen LogP contribution >= 0.6 is 23.2 Å². The number of nitrogens with zero attached hydrogens (tertiary/aromatic N) is 4. The van der Waals surface area contributed by atoms with Crippen LogP contribution in [0.3, 0.4) is 0 Å². The summed E-state index contributed by atoms with van der Waals surface area (Å²) in [6, 6.07) is 15.4. The maximum absolute atomic E-state index is 13.3. The van der Waals surface area contributed by atoms with E-state index in [9.17, 15) is 9.59 Å². The minimum absolute atomic E-state index is 0.332. The molecule has 2 aromatic carbocycles. The average molecular weight is 658 g/mol. The summed E-state index contributed by atoms with van der Waals surface area (Å²) in [7, 11) is 0. The van der Waals surface area contributed by atoms with Crippen molar-refractivity contribution in [3.05, 3.63) is 105 Å². The highest BCUT2D eigenvalue weighted by atomic mass is 35.5. The smallest absolute Gasteiger partial charge is 0.274 e. The van der Waals surface area contributed by atoms with Crippen molar-refractivity contribution in [2.75, 3.05) is 23.7 Å². The highest BCUT2D eigenvalue weighted by Crippen LogP contribution is 2.40. The maximum Gasteiger partial charge on any atom is 0.274 e. The topological polar surface area (TPSA) is 90.5 Å². The Morgan fingerprint density at radius 1 is 0.674 bits per heavy atom. The summed E-state index contributed by atoms with van der Waals surface area (Å²) >= 11 is 13.7. The van der Waals surface area contributed by atoms with Crippen LogP contribution in [0.5, 0.6) is 0 Å². The monoisotopic (exact) mass is 656 g/mol. The van der Waals surface area contributed by atoms with Gasteiger partial charge in [0.1, 0.15) is 11.4 Å². The number of nitrogens with one attached hydrogen (secondary N) is 2. The summed E-state index contributed by atoms with van der Waals surface area (Å²) in [5.74, 6) is -0.676. The van der Waals surface area contributed by atoms with E-state index in [4.69, 9.17) is 23.2 Å². The normalized spacial score (nSPS) is 15.0. The molecule has 0 saturated carbocycles. The summed E-state index contributed by atoms with van der Waals surface area (Å²) < 4.78 is 0. The molecule has 0 aliphatic carbocycles. The molecule has 238 valence electrons. The molecule has 0 unspecified atom stereocenters. The number of hydrogen-bond acceptors (Lipinski definition) is 6. The number of anilines is 2. The standard InChI is InChI=1S/C36H38Cl2N6O2/c1-21(2)43-13-11-23-15-31(39-17-25(23)19-43)35(45)41-29-9-5-7-27(33(29)37)28-8-6-10-30(34(28)38)42-36(46)32-16-24-12-14-44(22(3)4)20-26(24)18-40-32/h5-10,15-18,21-22H,11-14,19-20H2,1-4H3,(H,41,45)(H,42,46). The molecule has 10 heteroatoms. The summed E-state index contributed by atoms with van der Waals surface area (Å²) in [6.07, 6.45) is 5.35. The molecular weight excluding hydrogens is 619 g/mol. The first-order valence-electron chi connectivity index (χ1n) is 15.7. The number of rotatable bonds is 7. The number of halogens is 2. The van der Waals surface area contributed by atoms with Crippen LogP contribution in [0.25, 0.3) is 11.1 Å². The zero-order chi connectivity index (χ0) is 32.5. The Kier molecular flexibility index (Phi) is 9.43. The molecule has 0 fully saturated rings. The van der Waals surface area contributed by atoms with Crippen LogP contribution in [-0.2, 0) is 25.9 Å². The SMILES string of the molecule is CC(C)N1CCc2cc(C(=O)Nc3cccc(-c4cccc(NC(=O)c5cc6c(cn5)CN(C(C)C)CC6)c4Cl)c3Cl)ncc2C1. The lowest BCUT2D eigenvalue weighted by molar-refractivity contribution is 0.101. The molecule has 0 atom stereocenters. The highest BCUT2D eigenvalue weighted by Gasteiger charge is 2.23. The zero-order valence-electron chi connectivity index (χ0n) is 26.5. The molecule has 8 nitrogen and oxygen atoms in total. The molecular formula is C36H38Cl2N6O2. The molecule has 4 heterocycles. The van der Waals surface area contributed by atoms with Crippen molar-refractivity contribution >= 4 is 46.4 Å². The number of hydrogen-bond donors (Lipinski definition) is 2. The van der Waals surface area contributed by atoms with Crippen molar-refractivity contribution in [1.29, 1.82) is 0 Å². The van der Waals surface area contributed by atoms with Gasteiger partial charge in [0.05, 0.1) is 21.4 Å². The van der Waals surface area contributed by atoms with Crippen LogP contribution in [0.15, 0.2) is 60.9 Å². The van der Waals surface area contributed by atoms with Gasteiger partial charge in [-0.1, -0.05) is 47.5 Å². The van der Waals surface area contributed by atoms with Crippen molar-refractivity contribution in [2.24, 2.45) is 0 Å². The van der Waals surface area contributed by atoms with E-state index in [0.29, 0.717) is 56.0 Å². The van der Waals surface area contributed by atoms with Gasteiger partial charge in [-0.15, -0.1) is 0 Å². The third kappa shape index (κ3) is 6.67.